The Morgan fingerprint density at radius 2 is 1.91 bits per heavy atom. The van der Waals surface area contributed by atoms with E-state index in [-0.39, 0.29) is 22.2 Å². The summed E-state index contributed by atoms with van der Waals surface area (Å²) in [6.45, 7) is 0. The lowest BCUT2D eigenvalue weighted by molar-refractivity contribution is -0.384. The van der Waals surface area contributed by atoms with Crippen LogP contribution >= 0.6 is 11.6 Å². The first kappa shape index (κ1) is 15.3. The summed E-state index contributed by atoms with van der Waals surface area (Å²) in [4.78, 5) is 24.1. The van der Waals surface area contributed by atoms with Crippen LogP contribution < -0.4 is 5.43 Å². The van der Waals surface area contributed by atoms with Crippen molar-refractivity contribution in [1.82, 2.24) is 4.98 Å². The summed E-state index contributed by atoms with van der Waals surface area (Å²) in [7, 11) is 0. The number of halogens is 1. The van der Waals surface area contributed by atoms with Gasteiger partial charge in [0.25, 0.3) is 5.69 Å². The van der Waals surface area contributed by atoms with Gasteiger partial charge in [-0.2, -0.15) is 5.10 Å². The molecule has 112 valence electrons. The zero-order valence-electron chi connectivity index (χ0n) is 10.8. The molecule has 0 amide bonds. The molecule has 0 fully saturated rings. The van der Waals surface area contributed by atoms with Crippen LogP contribution in [-0.4, -0.2) is 21.0 Å². The molecular weight excluding hydrogens is 314 g/mol. The summed E-state index contributed by atoms with van der Waals surface area (Å²) in [6, 6.07) is 6.82. The van der Waals surface area contributed by atoms with Crippen molar-refractivity contribution in [2.24, 2.45) is 5.10 Å². The van der Waals surface area contributed by atoms with Crippen molar-refractivity contribution in [2.45, 2.75) is 0 Å². The third kappa shape index (κ3) is 3.52. The monoisotopic (exact) mass is 321 g/mol. The summed E-state index contributed by atoms with van der Waals surface area (Å²) in [6.07, 6.45) is 2.64. The van der Waals surface area contributed by atoms with Crippen LogP contribution in [-0.2, 0) is 0 Å². The molecule has 1 aromatic heterocycles. The average Bonchev–Trinajstić information content (AvgIpc) is 2.49. The lowest BCUT2D eigenvalue weighted by Crippen LogP contribution is -1.99. The topological polar surface area (TPSA) is 124 Å². The van der Waals surface area contributed by atoms with Gasteiger partial charge in [0.15, 0.2) is 0 Å². The Morgan fingerprint density at radius 1 is 1.18 bits per heavy atom. The van der Waals surface area contributed by atoms with E-state index < -0.39 is 9.85 Å². The number of hydrazone groups is 1. The fourth-order valence-electron chi connectivity index (χ4n) is 1.55. The molecule has 2 aromatic rings. The van der Waals surface area contributed by atoms with E-state index in [1.807, 2.05) is 0 Å². The van der Waals surface area contributed by atoms with Gasteiger partial charge in [0.2, 0.25) is 5.82 Å². The highest BCUT2D eigenvalue weighted by Gasteiger charge is 2.14. The molecule has 0 spiro atoms. The third-order valence-corrected chi connectivity index (χ3v) is 2.85. The highest BCUT2D eigenvalue weighted by atomic mass is 35.5. The van der Waals surface area contributed by atoms with Crippen LogP contribution in [0.1, 0.15) is 5.56 Å². The van der Waals surface area contributed by atoms with E-state index in [1.165, 1.54) is 42.7 Å². The molecule has 0 aliphatic heterocycles. The maximum absolute atomic E-state index is 10.8. The first-order valence-electron chi connectivity index (χ1n) is 5.81. The van der Waals surface area contributed by atoms with Crippen LogP contribution in [0.3, 0.4) is 0 Å². The summed E-state index contributed by atoms with van der Waals surface area (Å²) in [5.41, 5.74) is 2.34. The largest absolute Gasteiger partial charge is 0.313 e. The number of benzene rings is 1. The normalized spacial score (nSPS) is 10.6. The Morgan fingerprint density at radius 3 is 2.59 bits per heavy atom. The van der Waals surface area contributed by atoms with Gasteiger partial charge in [0.05, 0.1) is 16.1 Å². The van der Waals surface area contributed by atoms with E-state index in [2.05, 4.69) is 15.5 Å². The zero-order valence-corrected chi connectivity index (χ0v) is 11.6. The van der Waals surface area contributed by atoms with Crippen LogP contribution in [0.25, 0.3) is 0 Å². The fraction of sp³-hybridized carbons (Fsp3) is 0. The summed E-state index contributed by atoms with van der Waals surface area (Å²) in [5.74, 6) is -0.0350. The Labute approximate surface area is 128 Å². The molecule has 2 rings (SSSR count). The van der Waals surface area contributed by atoms with Crippen LogP contribution in [0.4, 0.5) is 17.2 Å². The maximum Gasteiger partial charge on any atom is 0.313 e. The molecule has 10 heteroatoms. The first-order chi connectivity index (χ1) is 10.5. The van der Waals surface area contributed by atoms with Gasteiger partial charge >= 0.3 is 5.69 Å². The number of pyridine rings is 1. The number of anilines is 1. The quantitative estimate of drug-likeness (QED) is 0.513. The minimum atomic E-state index is -0.614. The van der Waals surface area contributed by atoms with Crippen molar-refractivity contribution in [3.8, 4) is 0 Å². The van der Waals surface area contributed by atoms with Gasteiger partial charge in [0, 0.05) is 23.9 Å². The molecule has 1 N–H and O–H groups in total. The fourth-order valence-corrected chi connectivity index (χ4v) is 1.73. The smallest absolute Gasteiger partial charge is 0.258 e. The Bertz CT molecular complexity index is 765. The molecule has 0 saturated heterocycles. The van der Waals surface area contributed by atoms with Crippen molar-refractivity contribution in [3.05, 3.63) is 67.3 Å². The number of rotatable bonds is 5. The van der Waals surface area contributed by atoms with Crippen LogP contribution in [0.5, 0.6) is 0 Å². The minimum absolute atomic E-state index is 0.00970. The van der Waals surface area contributed by atoms with Crippen molar-refractivity contribution in [2.75, 3.05) is 5.43 Å². The molecular formula is C12H8ClN5O4. The van der Waals surface area contributed by atoms with Crippen LogP contribution in [0, 0.1) is 20.2 Å². The van der Waals surface area contributed by atoms with Gasteiger partial charge in [0.1, 0.15) is 5.02 Å². The molecule has 0 aliphatic rings. The van der Waals surface area contributed by atoms with E-state index in [0.717, 1.165) is 0 Å². The van der Waals surface area contributed by atoms with E-state index in [0.29, 0.717) is 5.56 Å². The predicted octanol–water partition coefficient (Wildman–Crippen LogP) is 3.00. The number of nitro benzene ring substituents is 1. The first-order valence-corrected chi connectivity index (χ1v) is 6.19. The minimum Gasteiger partial charge on any atom is -0.258 e. The standard InChI is InChI=1S/C12H8ClN5O4/c13-9-4-3-8(6-11(9)18(21)22)7-15-16-12-10(17(19)20)2-1-5-14-12/h1-7H,(H,14,16)/b15-7-. The van der Waals surface area contributed by atoms with Gasteiger partial charge in [-0.1, -0.05) is 17.7 Å². The molecule has 0 atom stereocenters. The highest BCUT2D eigenvalue weighted by molar-refractivity contribution is 6.32. The molecule has 0 radical (unpaired) electrons. The number of hydrogen-bond acceptors (Lipinski definition) is 7. The van der Waals surface area contributed by atoms with E-state index in [1.54, 1.807) is 0 Å². The summed E-state index contributed by atoms with van der Waals surface area (Å²) >= 11 is 5.69. The number of hydrogen-bond donors (Lipinski definition) is 1. The number of aromatic nitrogens is 1. The Hall–Kier alpha value is -3.07. The van der Waals surface area contributed by atoms with E-state index in [4.69, 9.17) is 11.6 Å². The van der Waals surface area contributed by atoms with Gasteiger partial charge in [-0.15, -0.1) is 0 Å². The molecule has 0 aliphatic carbocycles. The van der Waals surface area contributed by atoms with Gasteiger partial charge in [-0.3, -0.25) is 25.7 Å². The van der Waals surface area contributed by atoms with Crippen molar-refractivity contribution in [1.29, 1.82) is 0 Å². The number of nitrogens with zero attached hydrogens (tertiary/aromatic N) is 4. The summed E-state index contributed by atoms with van der Waals surface area (Å²) < 4.78 is 0. The Kier molecular flexibility index (Phi) is 4.59. The second-order valence-corrected chi connectivity index (χ2v) is 4.37. The number of nitrogens with one attached hydrogen (secondary N) is 1. The highest BCUT2D eigenvalue weighted by Crippen LogP contribution is 2.24. The van der Waals surface area contributed by atoms with Crippen LogP contribution in [0.15, 0.2) is 41.6 Å². The second-order valence-electron chi connectivity index (χ2n) is 3.97. The molecule has 1 aromatic carbocycles. The maximum atomic E-state index is 10.8. The number of nitro groups is 2. The third-order valence-electron chi connectivity index (χ3n) is 2.53. The lowest BCUT2D eigenvalue weighted by Gasteiger charge is -2.00. The molecule has 22 heavy (non-hydrogen) atoms. The molecule has 9 nitrogen and oxygen atoms in total. The van der Waals surface area contributed by atoms with Crippen molar-refractivity contribution < 1.29 is 9.85 Å². The lowest BCUT2D eigenvalue weighted by atomic mass is 10.2. The van der Waals surface area contributed by atoms with E-state index >= 15 is 0 Å². The van der Waals surface area contributed by atoms with E-state index in [9.17, 15) is 20.2 Å². The average molecular weight is 322 g/mol. The molecule has 0 bridgehead atoms. The Balaban J connectivity index is 2.19. The van der Waals surface area contributed by atoms with Crippen LogP contribution in [0.2, 0.25) is 5.02 Å². The van der Waals surface area contributed by atoms with Gasteiger partial charge in [-0.05, 0) is 12.1 Å². The zero-order chi connectivity index (χ0) is 16.1. The summed E-state index contributed by atoms with van der Waals surface area (Å²) in [5, 5.41) is 25.3. The van der Waals surface area contributed by atoms with Crippen molar-refractivity contribution in [3.63, 3.8) is 0 Å². The van der Waals surface area contributed by atoms with Crippen molar-refractivity contribution >= 4 is 35.0 Å². The van der Waals surface area contributed by atoms with Gasteiger partial charge < -0.3 is 0 Å². The molecule has 0 unspecified atom stereocenters. The molecule has 0 saturated carbocycles. The second kappa shape index (κ2) is 6.59. The van der Waals surface area contributed by atoms with Gasteiger partial charge in [-0.25, -0.2) is 4.98 Å². The SMILES string of the molecule is O=[N+]([O-])c1cc(/C=N\Nc2ncccc2[N+](=O)[O-])ccc1Cl. The molecule has 1 heterocycles. The predicted molar refractivity (Wildman–Crippen MR) is 80.2 cm³/mol.